The van der Waals surface area contributed by atoms with E-state index in [0.717, 1.165) is 16.9 Å². The molecule has 4 heteroatoms. The number of hydrogen-bond acceptors (Lipinski definition) is 3. The molecule has 4 nitrogen and oxygen atoms in total. The maximum Gasteiger partial charge on any atom is 0.261 e. The van der Waals surface area contributed by atoms with Crippen molar-refractivity contribution < 1.29 is 14.3 Å². The lowest BCUT2D eigenvalue weighted by atomic mass is 9.95. The Balaban J connectivity index is 2.04. The summed E-state index contributed by atoms with van der Waals surface area (Å²) in [7, 11) is 1.64. The third-order valence-electron chi connectivity index (χ3n) is 4.14. The predicted molar refractivity (Wildman–Crippen MR) is 100.0 cm³/mol. The van der Waals surface area contributed by atoms with Crippen LogP contribution in [0.15, 0.2) is 48.5 Å². The Hall–Kier alpha value is -2.49. The third kappa shape index (κ3) is 5.24. The van der Waals surface area contributed by atoms with Crippen LogP contribution < -0.4 is 14.8 Å². The third-order valence-corrected chi connectivity index (χ3v) is 4.14. The van der Waals surface area contributed by atoms with Gasteiger partial charge in [-0.3, -0.25) is 4.79 Å². The minimum Gasteiger partial charge on any atom is -0.497 e. The molecule has 0 aromatic heterocycles. The van der Waals surface area contributed by atoms with Crippen LogP contribution in [0.3, 0.4) is 0 Å². The van der Waals surface area contributed by atoms with Crippen LogP contribution >= 0.6 is 0 Å². The highest BCUT2D eigenvalue weighted by molar-refractivity contribution is 5.81. The fourth-order valence-corrected chi connectivity index (χ4v) is 2.59. The smallest absolute Gasteiger partial charge is 0.261 e. The Bertz CT molecular complexity index is 677. The summed E-state index contributed by atoms with van der Waals surface area (Å²) in [5, 5.41) is 3.10. The molecule has 0 bridgehead atoms. The Morgan fingerprint density at radius 1 is 0.920 bits per heavy atom. The Morgan fingerprint density at radius 2 is 1.48 bits per heavy atom. The van der Waals surface area contributed by atoms with E-state index in [4.69, 9.17) is 9.47 Å². The first-order chi connectivity index (χ1) is 11.9. The summed E-state index contributed by atoms with van der Waals surface area (Å²) in [6, 6.07) is 15.4. The first-order valence-electron chi connectivity index (χ1n) is 8.58. The Kier molecular flexibility index (Phi) is 6.45. The number of amides is 1. The molecule has 0 fully saturated rings. The number of carbonyl (C=O) groups excluding carboxylic acids is 1. The number of ether oxygens (including phenoxy) is 2. The van der Waals surface area contributed by atoms with Crippen LogP contribution in [0, 0.1) is 12.8 Å². The monoisotopic (exact) mass is 341 g/mol. The van der Waals surface area contributed by atoms with E-state index in [1.807, 2.05) is 55.5 Å². The summed E-state index contributed by atoms with van der Waals surface area (Å²) in [5.74, 6) is 1.62. The summed E-state index contributed by atoms with van der Waals surface area (Å²) >= 11 is 0. The van der Waals surface area contributed by atoms with Crippen LogP contribution in [-0.2, 0) is 4.79 Å². The van der Waals surface area contributed by atoms with Crippen molar-refractivity contribution in [2.24, 2.45) is 5.92 Å². The van der Waals surface area contributed by atoms with Crippen LogP contribution in [0.5, 0.6) is 11.5 Å². The number of benzene rings is 2. The van der Waals surface area contributed by atoms with Gasteiger partial charge in [-0.25, -0.2) is 0 Å². The topological polar surface area (TPSA) is 47.6 Å². The first kappa shape index (κ1) is 18.8. The largest absolute Gasteiger partial charge is 0.497 e. The van der Waals surface area contributed by atoms with Gasteiger partial charge in [0.15, 0.2) is 6.10 Å². The molecule has 0 aliphatic rings. The molecular formula is C21H27NO3. The van der Waals surface area contributed by atoms with E-state index in [-0.39, 0.29) is 17.9 Å². The maximum absolute atomic E-state index is 12.6. The second kappa shape index (κ2) is 8.56. The molecule has 0 saturated heterocycles. The van der Waals surface area contributed by atoms with Crippen molar-refractivity contribution in [2.45, 2.75) is 39.8 Å². The molecule has 0 radical (unpaired) electrons. The van der Waals surface area contributed by atoms with Crippen LogP contribution in [0.4, 0.5) is 0 Å². The van der Waals surface area contributed by atoms with Gasteiger partial charge in [0.1, 0.15) is 11.5 Å². The molecule has 2 aromatic rings. The lowest BCUT2D eigenvalue weighted by Gasteiger charge is -2.25. The highest BCUT2D eigenvalue weighted by atomic mass is 16.5. The standard InChI is InChI=1S/C21H27NO3/c1-14(2)20(17-8-12-18(24-5)13-9-17)22-21(23)16(4)25-19-10-6-15(3)7-11-19/h6-14,16,20H,1-5H3,(H,22,23)/t16-,20-/m1/s1. The number of rotatable bonds is 7. The second-order valence-electron chi connectivity index (χ2n) is 6.58. The summed E-state index contributed by atoms with van der Waals surface area (Å²) in [6.45, 7) is 7.95. The van der Waals surface area contributed by atoms with Gasteiger partial charge in [0.2, 0.25) is 0 Å². The van der Waals surface area contributed by atoms with Gasteiger partial charge in [0.25, 0.3) is 5.91 Å². The Morgan fingerprint density at radius 3 is 2.00 bits per heavy atom. The van der Waals surface area contributed by atoms with E-state index in [1.54, 1.807) is 14.0 Å². The number of aryl methyl sites for hydroxylation is 1. The number of methoxy groups -OCH3 is 1. The number of carbonyl (C=O) groups is 1. The van der Waals surface area contributed by atoms with E-state index in [0.29, 0.717) is 5.75 Å². The van der Waals surface area contributed by atoms with Gasteiger partial charge in [-0.2, -0.15) is 0 Å². The number of nitrogens with one attached hydrogen (secondary N) is 1. The van der Waals surface area contributed by atoms with E-state index in [2.05, 4.69) is 19.2 Å². The molecule has 134 valence electrons. The van der Waals surface area contributed by atoms with Crippen molar-refractivity contribution >= 4 is 5.91 Å². The van der Waals surface area contributed by atoms with Crippen molar-refractivity contribution in [3.8, 4) is 11.5 Å². The Labute approximate surface area is 150 Å². The summed E-state index contributed by atoms with van der Waals surface area (Å²) < 4.78 is 10.9. The van der Waals surface area contributed by atoms with E-state index < -0.39 is 6.10 Å². The fraction of sp³-hybridized carbons (Fsp3) is 0.381. The van der Waals surface area contributed by atoms with Crippen molar-refractivity contribution in [2.75, 3.05) is 7.11 Å². The van der Waals surface area contributed by atoms with Gasteiger partial charge >= 0.3 is 0 Å². The lowest BCUT2D eigenvalue weighted by Crippen LogP contribution is -2.40. The molecule has 1 N–H and O–H groups in total. The second-order valence-corrected chi connectivity index (χ2v) is 6.58. The summed E-state index contributed by atoms with van der Waals surface area (Å²) in [6.07, 6.45) is -0.567. The van der Waals surface area contributed by atoms with Crippen molar-refractivity contribution in [3.05, 3.63) is 59.7 Å². The molecule has 2 rings (SSSR count). The van der Waals surface area contributed by atoms with Gasteiger partial charge in [0.05, 0.1) is 13.2 Å². The molecule has 0 saturated carbocycles. The van der Waals surface area contributed by atoms with E-state index in [1.165, 1.54) is 0 Å². The molecule has 0 aliphatic carbocycles. The molecule has 0 spiro atoms. The van der Waals surface area contributed by atoms with Crippen LogP contribution in [-0.4, -0.2) is 19.1 Å². The molecule has 0 aliphatic heterocycles. The zero-order chi connectivity index (χ0) is 18.4. The van der Waals surface area contributed by atoms with Gasteiger partial charge in [-0.15, -0.1) is 0 Å². The minimum atomic E-state index is -0.567. The summed E-state index contributed by atoms with van der Waals surface area (Å²) in [4.78, 5) is 12.6. The van der Waals surface area contributed by atoms with Gasteiger partial charge in [0, 0.05) is 0 Å². The van der Waals surface area contributed by atoms with Crippen LogP contribution in [0.2, 0.25) is 0 Å². The zero-order valence-electron chi connectivity index (χ0n) is 15.6. The van der Waals surface area contributed by atoms with Crippen molar-refractivity contribution in [3.63, 3.8) is 0 Å². The minimum absolute atomic E-state index is 0.0810. The molecule has 2 aromatic carbocycles. The SMILES string of the molecule is COc1ccc([C@H](NC(=O)[C@@H](C)Oc2ccc(C)cc2)C(C)C)cc1. The van der Waals surface area contributed by atoms with E-state index in [9.17, 15) is 4.79 Å². The normalized spacial score (nSPS) is 13.2. The van der Waals surface area contributed by atoms with Gasteiger partial charge in [-0.1, -0.05) is 43.7 Å². The fourth-order valence-electron chi connectivity index (χ4n) is 2.59. The molecule has 0 heterocycles. The van der Waals surface area contributed by atoms with E-state index >= 15 is 0 Å². The van der Waals surface area contributed by atoms with Crippen LogP contribution in [0.25, 0.3) is 0 Å². The molecular weight excluding hydrogens is 314 g/mol. The number of hydrogen-bond donors (Lipinski definition) is 1. The highest BCUT2D eigenvalue weighted by Crippen LogP contribution is 2.24. The zero-order valence-corrected chi connectivity index (χ0v) is 15.6. The predicted octanol–water partition coefficient (Wildman–Crippen LogP) is 4.28. The van der Waals surface area contributed by atoms with Crippen molar-refractivity contribution in [1.82, 2.24) is 5.32 Å². The van der Waals surface area contributed by atoms with Crippen molar-refractivity contribution in [1.29, 1.82) is 0 Å². The molecule has 2 atom stereocenters. The average molecular weight is 341 g/mol. The molecule has 25 heavy (non-hydrogen) atoms. The highest BCUT2D eigenvalue weighted by Gasteiger charge is 2.22. The van der Waals surface area contributed by atoms with Crippen LogP contribution in [0.1, 0.15) is 37.9 Å². The average Bonchev–Trinajstić information content (AvgIpc) is 2.61. The molecule has 0 unspecified atom stereocenters. The molecule has 1 amide bonds. The first-order valence-corrected chi connectivity index (χ1v) is 8.58. The van der Waals surface area contributed by atoms with Gasteiger partial charge in [-0.05, 0) is 49.6 Å². The quantitative estimate of drug-likeness (QED) is 0.817. The maximum atomic E-state index is 12.6. The lowest BCUT2D eigenvalue weighted by molar-refractivity contribution is -0.128. The van der Waals surface area contributed by atoms with Gasteiger partial charge < -0.3 is 14.8 Å². The summed E-state index contributed by atoms with van der Waals surface area (Å²) in [5.41, 5.74) is 2.20.